The number of thiophene rings is 2. The van der Waals surface area contributed by atoms with Gasteiger partial charge >= 0.3 is 0 Å². The van der Waals surface area contributed by atoms with E-state index in [-0.39, 0.29) is 0 Å². The van der Waals surface area contributed by atoms with Crippen molar-refractivity contribution >= 4 is 22.7 Å². The minimum atomic E-state index is 0.498. The van der Waals surface area contributed by atoms with Gasteiger partial charge in [0.05, 0.1) is 0 Å². The van der Waals surface area contributed by atoms with E-state index in [1.807, 2.05) is 22.7 Å². The molecule has 2 aromatic rings. The second kappa shape index (κ2) is 5.78. The van der Waals surface area contributed by atoms with E-state index in [9.17, 15) is 0 Å². The summed E-state index contributed by atoms with van der Waals surface area (Å²) >= 11 is 3.89. The lowest BCUT2D eigenvalue weighted by Crippen LogP contribution is -2.28. The lowest BCUT2D eigenvalue weighted by atomic mass is 9.82. The molecule has 0 radical (unpaired) electrons. The highest BCUT2D eigenvalue weighted by atomic mass is 32.1. The minimum Gasteiger partial charge on any atom is -0.309 e. The topological polar surface area (TPSA) is 12.0 Å². The van der Waals surface area contributed by atoms with E-state index in [2.05, 4.69) is 42.7 Å². The lowest BCUT2D eigenvalue weighted by Gasteiger charge is -2.30. The van der Waals surface area contributed by atoms with Crippen LogP contribution < -0.4 is 5.32 Å². The van der Waals surface area contributed by atoms with Gasteiger partial charge in [0.2, 0.25) is 0 Å². The Morgan fingerprint density at radius 3 is 3.00 bits per heavy atom. The third kappa shape index (κ3) is 2.64. The van der Waals surface area contributed by atoms with E-state index >= 15 is 0 Å². The van der Waals surface area contributed by atoms with Crippen LogP contribution in [0.25, 0.3) is 0 Å². The van der Waals surface area contributed by atoms with Crippen molar-refractivity contribution in [1.82, 2.24) is 5.32 Å². The molecular weight excluding hydrogens is 270 g/mol. The van der Waals surface area contributed by atoms with Gasteiger partial charge in [0, 0.05) is 26.6 Å². The van der Waals surface area contributed by atoms with Crippen molar-refractivity contribution in [2.45, 2.75) is 45.1 Å². The Labute approximate surface area is 123 Å². The molecule has 2 unspecified atom stereocenters. The third-order valence-corrected chi connectivity index (χ3v) is 6.07. The highest BCUT2D eigenvalue weighted by Gasteiger charge is 2.29. The predicted molar refractivity (Wildman–Crippen MR) is 85.5 cm³/mol. The van der Waals surface area contributed by atoms with Gasteiger partial charge in [-0.05, 0) is 61.9 Å². The van der Waals surface area contributed by atoms with Crippen molar-refractivity contribution in [3.8, 4) is 0 Å². The predicted octanol–water partition coefficient (Wildman–Crippen LogP) is 4.89. The van der Waals surface area contributed by atoms with E-state index < -0.39 is 0 Å². The Hall–Kier alpha value is -0.640. The summed E-state index contributed by atoms with van der Waals surface area (Å²) < 4.78 is 0. The first-order valence-electron chi connectivity index (χ1n) is 7.15. The van der Waals surface area contributed by atoms with Crippen LogP contribution in [0.1, 0.15) is 51.9 Å². The first kappa shape index (κ1) is 13.3. The van der Waals surface area contributed by atoms with Gasteiger partial charge in [-0.2, -0.15) is 0 Å². The Morgan fingerprint density at radius 2 is 2.26 bits per heavy atom. The van der Waals surface area contributed by atoms with Gasteiger partial charge in [0.25, 0.3) is 0 Å². The van der Waals surface area contributed by atoms with Crippen LogP contribution in [0.4, 0.5) is 0 Å². The zero-order valence-corrected chi connectivity index (χ0v) is 13.2. The molecule has 0 saturated carbocycles. The maximum absolute atomic E-state index is 3.73. The highest BCUT2D eigenvalue weighted by molar-refractivity contribution is 7.12. The van der Waals surface area contributed by atoms with Crippen LogP contribution in [0, 0.1) is 6.92 Å². The molecule has 0 fully saturated rings. The summed E-state index contributed by atoms with van der Waals surface area (Å²) in [4.78, 5) is 4.54. The molecular formula is C16H21NS2. The molecule has 0 saturated heterocycles. The highest BCUT2D eigenvalue weighted by Crippen LogP contribution is 2.43. The Balaban J connectivity index is 1.93. The minimum absolute atomic E-state index is 0.498. The van der Waals surface area contributed by atoms with Crippen LogP contribution in [0.3, 0.4) is 0 Å². The summed E-state index contributed by atoms with van der Waals surface area (Å²) in [5, 5.41) is 6.00. The summed E-state index contributed by atoms with van der Waals surface area (Å²) in [6, 6.07) is 7.42. The van der Waals surface area contributed by atoms with Crippen molar-refractivity contribution in [1.29, 1.82) is 0 Å². The molecule has 0 spiro atoms. The standard InChI is InChI=1S/C16H21NS2/c1-3-17-16(15-8-7-11(2)19-15)13-5-4-6-14-12(13)9-10-18-14/h7-10,13,16-17H,3-6H2,1-2H3. The zero-order valence-electron chi connectivity index (χ0n) is 11.6. The SMILES string of the molecule is CCNC(c1ccc(C)s1)C1CCCc2sccc21. The molecule has 2 atom stereocenters. The average molecular weight is 291 g/mol. The molecule has 102 valence electrons. The van der Waals surface area contributed by atoms with Gasteiger partial charge in [0.1, 0.15) is 0 Å². The van der Waals surface area contributed by atoms with E-state index in [1.54, 1.807) is 10.4 Å². The number of rotatable bonds is 4. The summed E-state index contributed by atoms with van der Waals surface area (Å²) in [5.74, 6) is 0.660. The number of hydrogen-bond donors (Lipinski definition) is 1. The fraction of sp³-hybridized carbons (Fsp3) is 0.500. The molecule has 3 rings (SSSR count). The molecule has 1 aliphatic rings. The van der Waals surface area contributed by atoms with Crippen LogP contribution in [-0.2, 0) is 6.42 Å². The monoisotopic (exact) mass is 291 g/mol. The van der Waals surface area contributed by atoms with Crippen molar-refractivity contribution in [3.05, 3.63) is 43.8 Å². The summed E-state index contributed by atoms with van der Waals surface area (Å²) in [6.45, 7) is 5.45. The summed E-state index contributed by atoms with van der Waals surface area (Å²) in [6.07, 6.45) is 3.94. The summed E-state index contributed by atoms with van der Waals surface area (Å²) in [5.41, 5.74) is 1.60. The maximum Gasteiger partial charge on any atom is 0.0484 e. The molecule has 1 nitrogen and oxygen atoms in total. The van der Waals surface area contributed by atoms with E-state index in [1.165, 1.54) is 29.0 Å². The van der Waals surface area contributed by atoms with E-state index in [0.29, 0.717) is 12.0 Å². The molecule has 0 amide bonds. The lowest BCUT2D eigenvalue weighted by molar-refractivity contribution is 0.416. The van der Waals surface area contributed by atoms with Gasteiger partial charge in [0.15, 0.2) is 0 Å². The van der Waals surface area contributed by atoms with Gasteiger partial charge in [-0.25, -0.2) is 0 Å². The van der Waals surface area contributed by atoms with Gasteiger partial charge < -0.3 is 5.32 Å². The van der Waals surface area contributed by atoms with Crippen molar-refractivity contribution in [3.63, 3.8) is 0 Å². The second-order valence-electron chi connectivity index (χ2n) is 5.28. The molecule has 3 heteroatoms. The van der Waals surface area contributed by atoms with Crippen molar-refractivity contribution in [2.24, 2.45) is 0 Å². The molecule has 19 heavy (non-hydrogen) atoms. The van der Waals surface area contributed by atoms with Crippen LogP contribution >= 0.6 is 22.7 Å². The van der Waals surface area contributed by atoms with Gasteiger partial charge in [-0.15, -0.1) is 22.7 Å². The normalized spacial score (nSPS) is 20.2. The van der Waals surface area contributed by atoms with E-state index in [0.717, 1.165) is 6.54 Å². The number of aryl methyl sites for hydroxylation is 2. The third-order valence-electron chi connectivity index (χ3n) is 3.99. The molecule has 2 heterocycles. The average Bonchev–Trinajstić information content (AvgIpc) is 3.04. The quantitative estimate of drug-likeness (QED) is 0.846. The summed E-state index contributed by atoms with van der Waals surface area (Å²) in [7, 11) is 0. The molecule has 0 aliphatic heterocycles. The fourth-order valence-corrected chi connectivity index (χ4v) is 5.17. The smallest absolute Gasteiger partial charge is 0.0484 e. The second-order valence-corrected chi connectivity index (χ2v) is 7.60. The Bertz CT molecular complexity index is 540. The fourth-order valence-electron chi connectivity index (χ4n) is 3.15. The van der Waals surface area contributed by atoms with Gasteiger partial charge in [-0.1, -0.05) is 6.92 Å². The van der Waals surface area contributed by atoms with Crippen LogP contribution in [-0.4, -0.2) is 6.54 Å². The molecule has 0 aromatic carbocycles. The maximum atomic E-state index is 3.73. The van der Waals surface area contributed by atoms with Crippen LogP contribution in [0.15, 0.2) is 23.6 Å². The first-order chi connectivity index (χ1) is 9.29. The molecule has 0 bridgehead atoms. The number of nitrogens with one attached hydrogen (secondary N) is 1. The zero-order chi connectivity index (χ0) is 13.2. The van der Waals surface area contributed by atoms with Crippen molar-refractivity contribution < 1.29 is 0 Å². The van der Waals surface area contributed by atoms with Crippen molar-refractivity contribution in [2.75, 3.05) is 6.54 Å². The number of fused-ring (bicyclic) bond motifs is 1. The Morgan fingerprint density at radius 1 is 1.37 bits per heavy atom. The van der Waals surface area contributed by atoms with Crippen LogP contribution in [0.5, 0.6) is 0 Å². The van der Waals surface area contributed by atoms with Crippen LogP contribution in [0.2, 0.25) is 0 Å². The number of likely N-dealkylation sites (N-methyl/N-ethyl adjacent to an activating group) is 1. The largest absolute Gasteiger partial charge is 0.309 e. The van der Waals surface area contributed by atoms with E-state index in [4.69, 9.17) is 0 Å². The first-order valence-corrected chi connectivity index (χ1v) is 8.85. The molecule has 2 aromatic heterocycles. The Kier molecular flexibility index (Phi) is 4.06. The number of hydrogen-bond acceptors (Lipinski definition) is 3. The molecule has 1 aliphatic carbocycles. The van der Waals surface area contributed by atoms with Gasteiger partial charge in [-0.3, -0.25) is 0 Å². The molecule has 1 N–H and O–H groups in total.